The number of nitro benzene ring substituents is 1. The van der Waals surface area contributed by atoms with Crippen LogP contribution in [0.4, 0.5) is 5.69 Å². The van der Waals surface area contributed by atoms with Crippen molar-refractivity contribution in [3.63, 3.8) is 0 Å². The van der Waals surface area contributed by atoms with Gasteiger partial charge in [0.2, 0.25) is 0 Å². The van der Waals surface area contributed by atoms with Crippen LogP contribution in [-0.2, 0) is 6.54 Å². The van der Waals surface area contributed by atoms with Crippen LogP contribution in [-0.4, -0.2) is 21.8 Å². The Bertz CT molecular complexity index is 811. The number of benzene rings is 2. The first-order chi connectivity index (χ1) is 10.2. The van der Waals surface area contributed by atoms with Crippen LogP contribution in [0.3, 0.4) is 0 Å². The third kappa shape index (κ3) is 2.55. The summed E-state index contributed by atoms with van der Waals surface area (Å²) in [5, 5.41) is 15.8. The molecule has 0 fully saturated rings. The molecule has 0 saturated heterocycles. The molecule has 0 aliphatic carbocycles. The molecule has 106 valence electrons. The number of rotatable bonds is 4. The number of ether oxygens (including phenoxy) is 1. The van der Waals surface area contributed by atoms with E-state index in [1.165, 1.54) is 12.1 Å². The van der Waals surface area contributed by atoms with E-state index in [2.05, 4.69) is 5.10 Å². The molecule has 3 aromatic rings. The first-order valence-electron chi connectivity index (χ1n) is 6.40. The number of fused-ring (bicyclic) bond motifs is 1. The smallest absolute Gasteiger partial charge is 0.270 e. The first-order valence-corrected chi connectivity index (χ1v) is 6.40. The lowest BCUT2D eigenvalue weighted by Gasteiger charge is -2.06. The number of methoxy groups -OCH3 is 1. The molecule has 0 saturated carbocycles. The molecule has 6 heteroatoms. The Morgan fingerprint density at radius 2 is 2.14 bits per heavy atom. The Balaban J connectivity index is 1.95. The zero-order valence-corrected chi connectivity index (χ0v) is 11.4. The van der Waals surface area contributed by atoms with Crippen LogP contribution in [0.5, 0.6) is 5.75 Å². The minimum absolute atomic E-state index is 0.0726. The third-order valence-corrected chi connectivity index (χ3v) is 3.30. The zero-order chi connectivity index (χ0) is 14.8. The number of hydrogen-bond acceptors (Lipinski definition) is 4. The molecular weight excluding hydrogens is 270 g/mol. The van der Waals surface area contributed by atoms with E-state index in [1.807, 2.05) is 28.9 Å². The third-order valence-electron chi connectivity index (χ3n) is 3.30. The van der Waals surface area contributed by atoms with E-state index in [-0.39, 0.29) is 5.69 Å². The van der Waals surface area contributed by atoms with E-state index in [4.69, 9.17) is 4.74 Å². The molecule has 0 atom stereocenters. The summed E-state index contributed by atoms with van der Waals surface area (Å²) in [7, 11) is 1.63. The van der Waals surface area contributed by atoms with Gasteiger partial charge in [0.15, 0.2) is 0 Å². The van der Waals surface area contributed by atoms with Crippen molar-refractivity contribution in [1.82, 2.24) is 9.78 Å². The summed E-state index contributed by atoms with van der Waals surface area (Å²) < 4.78 is 7.01. The van der Waals surface area contributed by atoms with Gasteiger partial charge in [-0.3, -0.25) is 14.8 Å². The van der Waals surface area contributed by atoms with Crippen LogP contribution in [0.15, 0.2) is 48.7 Å². The van der Waals surface area contributed by atoms with Gasteiger partial charge in [0, 0.05) is 17.5 Å². The van der Waals surface area contributed by atoms with E-state index >= 15 is 0 Å². The summed E-state index contributed by atoms with van der Waals surface area (Å²) in [4.78, 5) is 10.4. The van der Waals surface area contributed by atoms with E-state index in [0.717, 1.165) is 22.2 Å². The minimum Gasteiger partial charge on any atom is -0.497 e. The highest BCUT2D eigenvalue weighted by Gasteiger charge is 2.10. The van der Waals surface area contributed by atoms with Gasteiger partial charge in [-0.1, -0.05) is 12.1 Å². The van der Waals surface area contributed by atoms with Gasteiger partial charge in [-0.25, -0.2) is 0 Å². The lowest BCUT2D eigenvalue weighted by molar-refractivity contribution is -0.384. The Morgan fingerprint density at radius 1 is 1.29 bits per heavy atom. The molecule has 6 nitrogen and oxygen atoms in total. The fraction of sp³-hybridized carbons (Fsp3) is 0.133. The Labute approximate surface area is 120 Å². The summed E-state index contributed by atoms with van der Waals surface area (Å²) in [5.74, 6) is 0.791. The highest BCUT2D eigenvalue weighted by atomic mass is 16.6. The highest BCUT2D eigenvalue weighted by molar-refractivity contribution is 5.81. The van der Waals surface area contributed by atoms with E-state index < -0.39 is 4.92 Å². The van der Waals surface area contributed by atoms with Gasteiger partial charge in [0.05, 0.1) is 30.3 Å². The SMILES string of the molecule is COc1cccc(Cn2ncc3cc([N+](=O)[O-])ccc32)c1. The van der Waals surface area contributed by atoms with Gasteiger partial charge in [-0.15, -0.1) is 0 Å². The Kier molecular flexibility index (Phi) is 3.27. The summed E-state index contributed by atoms with van der Waals surface area (Å²) >= 11 is 0. The lowest BCUT2D eigenvalue weighted by atomic mass is 10.2. The maximum absolute atomic E-state index is 10.8. The number of aromatic nitrogens is 2. The Morgan fingerprint density at radius 3 is 2.90 bits per heavy atom. The lowest BCUT2D eigenvalue weighted by Crippen LogP contribution is -2.01. The molecule has 21 heavy (non-hydrogen) atoms. The molecule has 0 radical (unpaired) electrons. The predicted molar refractivity (Wildman–Crippen MR) is 78.5 cm³/mol. The van der Waals surface area contributed by atoms with E-state index in [0.29, 0.717) is 6.54 Å². The number of non-ortho nitro benzene ring substituents is 1. The largest absolute Gasteiger partial charge is 0.497 e. The summed E-state index contributed by atoms with van der Waals surface area (Å²) in [5.41, 5.74) is 1.99. The van der Waals surface area contributed by atoms with Gasteiger partial charge in [0.25, 0.3) is 5.69 Å². The van der Waals surface area contributed by atoms with Crippen molar-refractivity contribution in [1.29, 1.82) is 0 Å². The van der Waals surface area contributed by atoms with Gasteiger partial charge in [-0.2, -0.15) is 5.10 Å². The molecule has 0 spiro atoms. The average Bonchev–Trinajstić information content (AvgIpc) is 2.90. The fourth-order valence-electron chi connectivity index (χ4n) is 2.26. The van der Waals surface area contributed by atoms with Gasteiger partial charge in [0.1, 0.15) is 5.75 Å². The van der Waals surface area contributed by atoms with Gasteiger partial charge in [-0.05, 0) is 23.8 Å². The van der Waals surface area contributed by atoms with Crippen molar-refractivity contribution >= 4 is 16.6 Å². The molecular formula is C15H13N3O3. The predicted octanol–water partition coefficient (Wildman–Crippen LogP) is 3.00. The quantitative estimate of drug-likeness (QED) is 0.545. The number of nitrogens with zero attached hydrogens (tertiary/aromatic N) is 3. The second-order valence-electron chi connectivity index (χ2n) is 4.65. The molecule has 0 bridgehead atoms. The topological polar surface area (TPSA) is 70.2 Å². The summed E-state index contributed by atoms with van der Waals surface area (Å²) in [6, 6.07) is 12.5. The minimum atomic E-state index is -0.404. The maximum atomic E-state index is 10.8. The van der Waals surface area contributed by atoms with Crippen molar-refractivity contribution < 1.29 is 9.66 Å². The van der Waals surface area contributed by atoms with Crippen molar-refractivity contribution in [3.05, 3.63) is 64.3 Å². The number of hydrogen-bond donors (Lipinski definition) is 0. The second kappa shape index (κ2) is 5.24. The molecule has 3 rings (SSSR count). The van der Waals surface area contributed by atoms with E-state index in [1.54, 1.807) is 19.4 Å². The Hall–Kier alpha value is -2.89. The van der Waals surface area contributed by atoms with Crippen molar-refractivity contribution in [2.75, 3.05) is 7.11 Å². The zero-order valence-electron chi connectivity index (χ0n) is 11.4. The standard InChI is InChI=1S/C15H13N3O3/c1-21-14-4-2-3-11(7-14)10-17-15-6-5-13(18(19)20)8-12(15)9-16-17/h2-9H,10H2,1H3. The summed E-state index contributed by atoms with van der Waals surface area (Å²) in [6.07, 6.45) is 1.64. The normalized spacial score (nSPS) is 10.7. The van der Waals surface area contributed by atoms with Crippen molar-refractivity contribution in [3.8, 4) is 5.75 Å². The fourth-order valence-corrected chi connectivity index (χ4v) is 2.26. The monoisotopic (exact) mass is 283 g/mol. The molecule has 0 N–H and O–H groups in total. The van der Waals surface area contributed by atoms with Gasteiger partial charge >= 0.3 is 0 Å². The molecule has 0 aliphatic rings. The first kappa shape index (κ1) is 13.1. The van der Waals surface area contributed by atoms with Crippen LogP contribution < -0.4 is 4.74 Å². The summed E-state index contributed by atoms with van der Waals surface area (Å²) in [6.45, 7) is 0.582. The van der Waals surface area contributed by atoms with Crippen LogP contribution in [0.25, 0.3) is 10.9 Å². The van der Waals surface area contributed by atoms with Gasteiger partial charge < -0.3 is 4.74 Å². The average molecular weight is 283 g/mol. The highest BCUT2D eigenvalue weighted by Crippen LogP contribution is 2.22. The molecule has 1 aromatic heterocycles. The molecule has 0 unspecified atom stereocenters. The molecule has 1 heterocycles. The maximum Gasteiger partial charge on any atom is 0.270 e. The molecule has 0 aliphatic heterocycles. The molecule has 2 aromatic carbocycles. The molecule has 0 amide bonds. The van der Waals surface area contributed by atoms with Crippen molar-refractivity contribution in [2.45, 2.75) is 6.54 Å². The van der Waals surface area contributed by atoms with Crippen molar-refractivity contribution in [2.24, 2.45) is 0 Å². The second-order valence-corrected chi connectivity index (χ2v) is 4.65. The number of nitro groups is 1. The van der Waals surface area contributed by atoms with Crippen LogP contribution in [0.2, 0.25) is 0 Å². The van der Waals surface area contributed by atoms with Crippen LogP contribution >= 0.6 is 0 Å². The van der Waals surface area contributed by atoms with Crippen LogP contribution in [0.1, 0.15) is 5.56 Å². The van der Waals surface area contributed by atoms with Crippen LogP contribution in [0, 0.1) is 10.1 Å². The van der Waals surface area contributed by atoms with E-state index in [9.17, 15) is 10.1 Å².